The van der Waals surface area contributed by atoms with Gasteiger partial charge in [0.15, 0.2) is 5.78 Å². The third-order valence-corrected chi connectivity index (χ3v) is 9.66. The Morgan fingerprint density at radius 2 is 1.70 bits per heavy atom. The molecule has 0 fully saturated rings. The first-order valence-electron chi connectivity index (χ1n) is 9.96. The quantitative estimate of drug-likeness (QED) is 0.767. The second-order valence-corrected chi connectivity index (χ2v) is 13.0. The first-order valence-corrected chi connectivity index (χ1v) is 13.0. The van der Waals surface area contributed by atoms with Crippen molar-refractivity contribution >= 4 is 36.3 Å². The third-order valence-electron chi connectivity index (χ3n) is 6.14. The minimum absolute atomic E-state index is 0.0267. The van der Waals surface area contributed by atoms with Gasteiger partial charge in [-0.1, -0.05) is 31.3 Å². The maximum absolute atomic E-state index is 12.3. The van der Waals surface area contributed by atoms with Gasteiger partial charge >= 0.3 is 5.97 Å². The number of fused-ring (bicyclic) bond motifs is 2. The Balaban J connectivity index is 2.07. The largest absolute Gasteiger partial charge is 0.478 e. The summed E-state index contributed by atoms with van der Waals surface area (Å²) >= 11 is 0. The number of anilines is 1. The molecular weight excluding hydrogens is 390 g/mol. The van der Waals surface area contributed by atoms with E-state index in [1.807, 2.05) is 33.2 Å². The van der Waals surface area contributed by atoms with Crippen LogP contribution in [0.15, 0.2) is 65.4 Å². The van der Waals surface area contributed by atoms with E-state index in [4.69, 9.17) is 0 Å². The molecule has 0 saturated heterocycles. The molecule has 152 valence electrons. The third kappa shape index (κ3) is 3.06. The summed E-state index contributed by atoms with van der Waals surface area (Å²) in [7, 11) is 1.96. The standard InChI is InChI=1S/C25H25NO3Si/c1-15-12-16(25(28)29)6-9-19(15)24-20-10-7-17(26(2)3)13-22(20)30(4,5)23-14-18(27)8-11-21(23)24/h6-14H,1-5H3,(H,28,29). The summed E-state index contributed by atoms with van der Waals surface area (Å²) in [5.74, 6) is -0.905. The molecule has 0 amide bonds. The molecule has 2 aliphatic rings. The van der Waals surface area contributed by atoms with Crippen molar-refractivity contribution in [3.05, 3.63) is 87.6 Å². The number of carboxylic acid groups (broad SMARTS) is 1. The van der Waals surface area contributed by atoms with E-state index in [1.165, 1.54) is 10.8 Å². The number of rotatable bonds is 3. The van der Waals surface area contributed by atoms with Crippen LogP contribution in [0.4, 0.5) is 5.69 Å². The van der Waals surface area contributed by atoms with Gasteiger partial charge in [-0.25, -0.2) is 4.79 Å². The lowest BCUT2D eigenvalue weighted by atomic mass is 9.87. The first kappa shape index (κ1) is 20.1. The van der Waals surface area contributed by atoms with E-state index >= 15 is 0 Å². The molecule has 4 nitrogen and oxygen atoms in total. The fourth-order valence-corrected chi connectivity index (χ4v) is 7.53. The van der Waals surface area contributed by atoms with Gasteiger partial charge in [-0.2, -0.15) is 0 Å². The maximum atomic E-state index is 12.3. The van der Waals surface area contributed by atoms with Gasteiger partial charge in [0, 0.05) is 19.8 Å². The topological polar surface area (TPSA) is 57.6 Å². The zero-order valence-corrected chi connectivity index (χ0v) is 18.9. The lowest BCUT2D eigenvalue weighted by Gasteiger charge is -2.38. The van der Waals surface area contributed by atoms with E-state index in [0.717, 1.165) is 33.2 Å². The summed E-state index contributed by atoms with van der Waals surface area (Å²) in [4.78, 5) is 25.8. The van der Waals surface area contributed by atoms with Gasteiger partial charge in [0.2, 0.25) is 0 Å². The van der Waals surface area contributed by atoms with E-state index in [1.54, 1.807) is 24.3 Å². The number of benzene rings is 2. The normalized spacial score (nSPS) is 16.7. The predicted octanol–water partition coefficient (Wildman–Crippen LogP) is 4.09. The Bertz CT molecular complexity index is 1200. The Morgan fingerprint density at radius 3 is 2.33 bits per heavy atom. The number of hydrogen-bond donors (Lipinski definition) is 1. The predicted molar refractivity (Wildman–Crippen MR) is 124 cm³/mol. The van der Waals surface area contributed by atoms with Crippen LogP contribution in [-0.4, -0.2) is 39.0 Å². The molecule has 0 aromatic heterocycles. The van der Waals surface area contributed by atoms with E-state index in [0.29, 0.717) is 0 Å². The second-order valence-electron chi connectivity index (χ2n) is 8.67. The molecule has 2 aromatic carbocycles. The van der Waals surface area contributed by atoms with Gasteiger partial charge in [0.25, 0.3) is 0 Å². The van der Waals surface area contributed by atoms with Crippen LogP contribution in [-0.2, 0) is 4.79 Å². The second kappa shape index (κ2) is 6.95. The van der Waals surface area contributed by atoms with Gasteiger partial charge in [0.1, 0.15) is 8.07 Å². The highest BCUT2D eigenvalue weighted by atomic mass is 28.3. The smallest absolute Gasteiger partial charge is 0.335 e. The average molecular weight is 416 g/mol. The minimum atomic E-state index is -2.10. The van der Waals surface area contributed by atoms with Crippen LogP contribution in [0.3, 0.4) is 0 Å². The van der Waals surface area contributed by atoms with Crippen LogP contribution in [0.1, 0.15) is 27.0 Å². The molecule has 5 heteroatoms. The van der Waals surface area contributed by atoms with Crippen molar-refractivity contribution in [2.24, 2.45) is 0 Å². The van der Waals surface area contributed by atoms with Crippen molar-refractivity contribution in [2.45, 2.75) is 20.0 Å². The molecule has 1 aliphatic carbocycles. The lowest BCUT2D eigenvalue weighted by Crippen LogP contribution is -2.49. The van der Waals surface area contributed by atoms with Crippen LogP contribution in [0.2, 0.25) is 13.1 Å². The van der Waals surface area contributed by atoms with E-state index in [2.05, 4.69) is 36.2 Å². The number of hydrogen-bond acceptors (Lipinski definition) is 3. The van der Waals surface area contributed by atoms with Gasteiger partial charge in [0.05, 0.1) is 5.56 Å². The Hall–Kier alpha value is -3.18. The summed E-state index contributed by atoms with van der Waals surface area (Å²) in [6, 6.07) is 11.8. The van der Waals surface area contributed by atoms with Crippen LogP contribution in [0.25, 0.3) is 5.57 Å². The van der Waals surface area contributed by atoms with Crippen LogP contribution in [0, 0.1) is 6.92 Å². The average Bonchev–Trinajstić information content (AvgIpc) is 2.69. The molecule has 0 atom stereocenters. The van der Waals surface area contributed by atoms with Crippen LogP contribution in [0.5, 0.6) is 0 Å². The lowest BCUT2D eigenvalue weighted by molar-refractivity contribution is -0.110. The summed E-state index contributed by atoms with van der Waals surface area (Å²) < 4.78 is 0. The highest BCUT2D eigenvalue weighted by molar-refractivity contribution is 6.98. The number of aryl methyl sites for hydroxylation is 1. The molecule has 0 radical (unpaired) electrons. The molecule has 1 N–H and O–H groups in total. The van der Waals surface area contributed by atoms with E-state index in [9.17, 15) is 14.7 Å². The van der Waals surface area contributed by atoms with Crippen LogP contribution >= 0.6 is 0 Å². The Labute approximate surface area is 177 Å². The SMILES string of the molecule is Cc1cc(C(=O)O)ccc1C1=C2C=CC(=O)C=C2[Si](C)(C)c2cc(N(C)C)ccc21. The minimum Gasteiger partial charge on any atom is -0.478 e. The van der Waals surface area contributed by atoms with E-state index in [-0.39, 0.29) is 11.3 Å². The zero-order valence-electron chi connectivity index (χ0n) is 17.9. The highest BCUT2D eigenvalue weighted by Crippen LogP contribution is 2.42. The van der Waals surface area contributed by atoms with Crippen molar-refractivity contribution < 1.29 is 14.7 Å². The van der Waals surface area contributed by atoms with Crippen molar-refractivity contribution in [3.8, 4) is 0 Å². The zero-order chi connectivity index (χ0) is 21.8. The molecule has 1 heterocycles. The van der Waals surface area contributed by atoms with Gasteiger partial charge in [-0.15, -0.1) is 0 Å². The molecule has 0 unspecified atom stereocenters. The fraction of sp³-hybridized carbons (Fsp3) is 0.200. The first-order chi connectivity index (χ1) is 14.1. The van der Waals surface area contributed by atoms with E-state index < -0.39 is 14.0 Å². The monoisotopic (exact) mass is 415 g/mol. The maximum Gasteiger partial charge on any atom is 0.335 e. The molecule has 0 saturated carbocycles. The fourth-order valence-electron chi connectivity index (χ4n) is 4.46. The Morgan fingerprint density at radius 1 is 1.00 bits per heavy atom. The number of carboxylic acids is 1. The summed E-state index contributed by atoms with van der Waals surface area (Å²) in [6.07, 6.45) is 5.37. The molecule has 0 spiro atoms. The number of carbonyl (C=O) groups excluding carboxylic acids is 1. The number of ketones is 1. The van der Waals surface area contributed by atoms with Gasteiger partial charge in [-0.3, -0.25) is 4.79 Å². The Kier molecular flexibility index (Phi) is 4.66. The number of nitrogens with zero attached hydrogens (tertiary/aromatic N) is 1. The molecular formula is C25H25NO3Si. The number of carbonyl (C=O) groups is 2. The highest BCUT2D eigenvalue weighted by Gasteiger charge is 2.40. The van der Waals surface area contributed by atoms with Crippen molar-refractivity contribution in [2.75, 3.05) is 19.0 Å². The molecule has 30 heavy (non-hydrogen) atoms. The summed E-state index contributed by atoms with van der Waals surface area (Å²) in [6.45, 7) is 6.53. The summed E-state index contributed by atoms with van der Waals surface area (Å²) in [5, 5.41) is 11.8. The van der Waals surface area contributed by atoms with Crippen molar-refractivity contribution in [1.82, 2.24) is 0 Å². The molecule has 0 bridgehead atoms. The molecule has 4 rings (SSSR count). The van der Waals surface area contributed by atoms with Gasteiger partial charge in [-0.05, 0) is 81.6 Å². The molecule has 1 aliphatic heterocycles. The van der Waals surface area contributed by atoms with Gasteiger partial charge < -0.3 is 10.0 Å². The van der Waals surface area contributed by atoms with Crippen molar-refractivity contribution in [3.63, 3.8) is 0 Å². The summed E-state index contributed by atoms with van der Waals surface area (Å²) in [5.41, 5.74) is 6.66. The number of aromatic carboxylic acids is 1. The van der Waals surface area contributed by atoms with Crippen molar-refractivity contribution in [1.29, 1.82) is 0 Å². The van der Waals surface area contributed by atoms with Crippen LogP contribution < -0.4 is 10.1 Å². The number of allylic oxidation sites excluding steroid dienone is 5. The molecule has 2 aromatic rings.